The fraction of sp³-hybridized carbons (Fsp3) is 0.0690. The molecular weight excluding hydrogens is 470 g/mol. The number of rotatable bonds is 7. The molecule has 0 aliphatic rings. The molecule has 0 radical (unpaired) electrons. The summed E-state index contributed by atoms with van der Waals surface area (Å²) < 4.78 is 34.9. The molecule has 0 spiro atoms. The van der Waals surface area contributed by atoms with Crippen LogP contribution in [0.25, 0.3) is 44.5 Å². The first-order chi connectivity index (χ1) is 17.6. The number of aromatic nitrogens is 2. The molecule has 0 atom stereocenters. The molecule has 3 aromatic carbocycles. The van der Waals surface area contributed by atoms with Crippen LogP contribution in [0.1, 0.15) is 5.56 Å². The second-order valence-electron chi connectivity index (χ2n) is 8.58. The van der Waals surface area contributed by atoms with Crippen molar-refractivity contribution < 1.29 is 12.8 Å². The summed E-state index contributed by atoms with van der Waals surface area (Å²) in [4.78, 5) is 7.72. The molecule has 0 saturated carbocycles. The van der Waals surface area contributed by atoms with Gasteiger partial charge in [0.25, 0.3) is 0 Å². The number of sulfonamides is 1. The Kier molecular flexibility index (Phi) is 5.64. The molecule has 0 bridgehead atoms. The number of nitrogens with zero attached hydrogens (tertiary/aromatic N) is 1. The van der Waals surface area contributed by atoms with E-state index in [0.717, 1.165) is 50.0 Å². The second kappa shape index (κ2) is 9.11. The Bertz CT molecular complexity index is 1740. The fourth-order valence-electron chi connectivity index (χ4n) is 4.54. The molecule has 6 nitrogen and oxygen atoms in total. The van der Waals surface area contributed by atoms with Gasteiger partial charge in [-0.05, 0) is 65.6 Å². The SMILES string of the molecule is O=S(=O)(NCCc1c(-c2cc3ccccc3o2)[nH]c2ccccc12)c1ccc(-c2ccncc2)cc1. The normalized spacial score (nSPS) is 11.9. The number of nitrogens with one attached hydrogen (secondary N) is 2. The number of para-hydroxylation sites is 2. The number of H-pyrrole nitrogens is 1. The number of hydrogen-bond acceptors (Lipinski definition) is 4. The van der Waals surface area contributed by atoms with Crippen molar-refractivity contribution in [3.8, 4) is 22.6 Å². The Labute approximate surface area is 208 Å². The summed E-state index contributed by atoms with van der Waals surface area (Å²) >= 11 is 0. The van der Waals surface area contributed by atoms with Crippen LogP contribution >= 0.6 is 0 Å². The summed E-state index contributed by atoms with van der Waals surface area (Å²) in [7, 11) is -3.66. The fourth-order valence-corrected chi connectivity index (χ4v) is 5.57. The van der Waals surface area contributed by atoms with Crippen molar-refractivity contribution in [1.29, 1.82) is 0 Å². The number of hydrogen-bond donors (Lipinski definition) is 2. The Morgan fingerprint density at radius 2 is 1.56 bits per heavy atom. The number of furan rings is 1. The van der Waals surface area contributed by atoms with E-state index < -0.39 is 10.0 Å². The quantitative estimate of drug-likeness (QED) is 0.279. The summed E-state index contributed by atoms with van der Waals surface area (Å²) in [6.45, 7) is 0.253. The molecule has 0 amide bonds. The first kappa shape index (κ1) is 22.3. The van der Waals surface area contributed by atoms with Gasteiger partial charge in [-0.25, -0.2) is 13.1 Å². The second-order valence-corrected chi connectivity index (χ2v) is 10.3. The number of fused-ring (bicyclic) bond motifs is 2. The van der Waals surface area contributed by atoms with Crippen LogP contribution in [-0.2, 0) is 16.4 Å². The van der Waals surface area contributed by atoms with E-state index in [1.54, 1.807) is 24.5 Å². The molecule has 0 fully saturated rings. The van der Waals surface area contributed by atoms with Crippen molar-refractivity contribution >= 4 is 31.9 Å². The third-order valence-electron chi connectivity index (χ3n) is 6.33. The van der Waals surface area contributed by atoms with Gasteiger partial charge in [-0.1, -0.05) is 48.5 Å². The van der Waals surface area contributed by atoms with Gasteiger partial charge in [-0.15, -0.1) is 0 Å². The van der Waals surface area contributed by atoms with Crippen LogP contribution in [0.3, 0.4) is 0 Å². The Hall–Kier alpha value is -4.20. The highest BCUT2D eigenvalue weighted by atomic mass is 32.2. The molecule has 0 unspecified atom stereocenters. The average molecular weight is 494 g/mol. The van der Waals surface area contributed by atoms with E-state index in [0.29, 0.717) is 6.42 Å². The van der Waals surface area contributed by atoms with Crippen molar-refractivity contribution in [3.63, 3.8) is 0 Å². The minimum absolute atomic E-state index is 0.233. The summed E-state index contributed by atoms with van der Waals surface area (Å²) in [6, 6.07) is 28.6. The van der Waals surface area contributed by atoms with Gasteiger partial charge >= 0.3 is 0 Å². The van der Waals surface area contributed by atoms with E-state index in [2.05, 4.69) is 14.7 Å². The molecule has 0 saturated heterocycles. The zero-order valence-corrected chi connectivity index (χ0v) is 20.1. The summed E-state index contributed by atoms with van der Waals surface area (Å²) in [6.07, 6.45) is 3.93. The highest BCUT2D eigenvalue weighted by Gasteiger charge is 2.18. The minimum Gasteiger partial charge on any atom is -0.455 e. The topological polar surface area (TPSA) is 88.0 Å². The monoisotopic (exact) mass is 493 g/mol. The van der Waals surface area contributed by atoms with Gasteiger partial charge < -0.3 is 9.40 Å². The number of pyridine rings is 1. The molecule has 0 aliphatic heterocycles. The van der Waals surface area contributed by atoms with Gasteiger partial charge in [0.2, 0.25) is 10.0 Å². The maximum Gasteiger partial charge on any atom is 0.240 e. The van der Waals surface area contributed by atoms with Crippen LogP contribution in [0.4, 0.5) is 0 Å². The van der Waals surface area contributed by atoms with Crippen LogP contribution in [0.2, 0.25) is 0 Å². The Morgan fingerprint density at radius 1 is 0.833 bits per heavy atom. The zero-order chi connectivity index (χ0) is 24.5. The average Bonchev–Trinajstić information content (AvgIpc) is 3.51. The number of aromatic amines is 1. The zero-order valence-electron chi connectivity index (χ0n) is 19.3. The van der Waals surface area contributed by atoms with E-state index in [4.69, 9.17) is 4.42 Å². The van der Waals surface area contributed by atoms with Crippen LogP contribution in [-0.4, -0.2) is 24.9 Å². The molecule has 3 heterocycles. The highest BCUT2D eigenvalue weighted by molar-refractivity contribution is 7.89. The lowest BCUT2D eigenvalue weighted by Crippen LogP contribution is -2.26. The smallest absolute Gasteiger partial charge is 0.240 e. The molecule has 2 N–H and O–H groups in total. The van der Waals surface area contributed by atoms with E-state index in [1.165, 1.54) is 0 Å². The third-order valence-corrected chi connectivity index (χ3v) is 7.81. The standard InChI is InChI=1S/C29H23N3O3S/c33-36(34,23-11-9-20(10-12-23)21-13-16-30-17-14-21)31-18-15-25-24-6-2-3-7-26(24)32-29(25)28-19-22-5-1-4-8-27(22)35-28/h1-14,16-17,19,31-32H,15,18H2. The Morgan fingerprint density at radius 3 is 2.36 bits per heavy atom. The van der Waals surface area contributed by atoms with E-state index in [9.17, 15) is 8.42 Å². The lowest BCUT2D eigenvalue weighted by atomic mass is 10.1. The van der Waals surface area contributed by atoms with Gasteiger partial charge in [0.1, 0.15) is 5.58 Å². The lowest BCUT2D eigenvalue weighted by molar-refractivity contribution is 0.581. The molecule has 7 heteroatoms. The van der Waals surface area contributed by atoms with Crippen molar-refractivity contribution in [3.05, 3.63) is 109 Å². The molecule has 6 aromatic rings. The van der Waals surface area contributed by atoms with Crippen LogP contribution in [0, 0.1) is 0 Å². The predicted molar refractivity (Wildman–Crippen MR) is 142 cm³/mol. The molecule has 36 heavy (non-hydrogen) atoms. The maximum absolute atomic E-state index is 13.0. The maximum atomic E-state index is 13.0. The van der Waals surface area contributed by atoms with Crippen LogP contribution in [0.15, 0.2) is 113 Å². The Balaban J connectivity index is 1.25. The summed E-state index contributed by atoms with van der Waals surface area (Å²) in [5.74, 6) is 0.733. The minimum atomic E-state index is -3.66. The van der Waals surface area contributed by atoms with E-state index >= 15 is 0 Å². The molecule has 178 valence electrons. The van der Waals surface area contributed by atoms with Gasteiger partial charge in [-0.2, -0.15) is 0 Å². The van der Waals surface area contributed by atoms with Gasteiger partial charge in [0.05, 0.1) is 10.6 Å². The van der Waals surface area contributed by atoms with Crippen molar-refractivity contribution in [1.82, 2.24) is 14.7 Å². The lowest BCUT2D eigenvalue weighted by Gasteiger charge is -2.09. The van der Waals surface area contributed by atoms with Crippen LogP contribution < -0.4 is 4.72 Å². The van der Waals surface area contributed by atoms with E-state index in [-0.39, 0.29) is 11.4 Å². The van der Waals surface area contributed by atoms with Gasteiger partial charge in [0.15, 0.2) is 5.76 Å². The molecule has 3 aromatic heterocycles. The number of benzene rings is 3. The first-order valence-corrected chi connectivity index (χ1v) is 13.2. The van der Waals surface area contributed by atoms with Gasteiger partial charge in [0, 0.05) is 35.2 Å². The van der Waals surface area contributed by atoms with Crippen molar-refractivity contribution in [2.45, 2.75) is 11.3 Å². The molecule has 0 aliphatic carbocycles. The highest BCUT2D eigenvalue weighted by Crippen LogP contribution is 2.34. The largest absolute Gasteiger partial charge is 0.455 e. The summed E-state index contributed by atoms with van der Waals surface area (Å²) in [5.41, 5.74) is 5.60. The van der Waals surface area contributed by atoms with Crippen LogP contribution in [0.5, 0.6) is 0 Å². The third kappa shape index (κ3) is 4.19. The van der Waals surface area contributed by atoms with Crippen molar-refractivity contribution in [2.75, 3.05) is 6.54 Å². The molecular formula is C29H23N3O3S. The predicted octanol–water partition coefficient (Wildman–Crippen LogP) is 6.16. The van der Waals surface area contributed by atoms with E-state index in [1.807, 2.05) is 78.9 Å². The first-order valence-electron chi connectivity index (χ1n) is 11.7. The summed E-state index contributed by atoms with van der Waals surface area (Å²) in [5, 5.41) is 2.07. The van der Waals surface area contributed by atoms with Crippen molar-refractivity contribution in [2.24, 2.45) is 0 Å². The van der Waals surface area contributed by atoms with Gasteiger partial charge in [-0.3, -0.25) is 4.98 Å². The molecule has 6 rings (SSSR count).